The van der Waals surface area contributed by atoms with E-state index in [1.54, 1.807) is 11.8 Å². The van der Waals surface area contributed by atoms with Crippen LogP contribution in [0.5, 0.6) is 0 Å². The second-order valence-electron chi connectivity index (χ2n) is 5.02. The molecular formula is C17H19NO3S2. The number of nitrogens with one attached hydrogen (secondary N) is 1. The number of rotatable bonds is 8. The van der Waals surface area contributed by atoms with Gasteiger partial charge in [0, 0.05) is 23.6 Å². The van der Waals surface area contributed by atoms with Crippen LogP contribution in [-0.2, 0) is 15.8 Å². The zero-order valence-corrected chi connectivity index (χ0v) is 14.5. The Hall–Kier alpha value is -1.63. The van der Waals surface area contributed by atoms with E-state index in [1.165, 1.54) is 36.8 Å². The zero-order chi connectivity index (χ0) is 16.7. The number of hydrogen-bond acceptors (Lipinski definition) is 4. The molecule has 2 rings (SSSR count). The molecule has 0 unspecified atom stereocenters. The lowest BCUT2D eigenvalue weighted by molar-refractivity contribution is 0.101. The summed E-state index contributed by atoms with van der Waals surface area (Å²) in [4.78, 5) is 11.4. The highest BCUT2D eigenvalue weighted by Gasteiger charge is 2.13. The molecule has 0 radical (unpaired) electrons. The average molecular weight is 349 g/mol. The monoisotopic (exact) mass is 349 g/mol. The normalized spacial score (nSPS) is 11.3. The maximum Gasteiger partial charge on any atom is 0.240 e. The number of carbonyl (C=O) groups excluding carboxylic acids is 1. The third kappa shape index (κ3) is 5.49. The molecule has 0 spiro atoms. The van der Waals surface area contributed by atoms with Gasteiger partial charge in [0.25, 0.3) is 0 Å². The van der Waals surface area contributed by atoms with Crippen LogP contribution < -0.4 is 4.72 Å². The molecule has 0 aliphatic carbocycles. The topological polar surface area (TPSA) is 63.2 Å². The number of sulfonamides is 1. The minimum Gasteiger partial charge on any atom is -0.295 e. The van der Waals surface area contributed by atoms with Crippen molar-refractivity contribution in [2.24, 2.45) is 0 Å². The molecule has 0 aliphatic rings. The van der Waals surface area contributed by atoms with Crippen LogP contribution in [0.1, 0.15) is 22.8 Å². The first kappa shape index (κ1) is 17.7. The highest BCUT2D eigenvalue weighted by molar-refractivity contribution is 7.98. The first-order valence-electron chi connectivity index (χ1n) is 7.21. The molecule has 0 atom stereocenters. The predicted molar refractivity (Wildman–Crippen MR) is 94.2 cm³/mol. The molecule has 4 nitrogen and oxygen atoms in total. The van der Waals surface area contributed by atoms with E-state index in [9.17, 15) is 13.2 Å². The minimum atomic E-state index is -3.52. The van der Waals surface area contributed by atoms with Crippen molar-refractivity contribution in [3.05, 3.63) is 65.7 Å². The fourth-order valence-corrected chi connectivity index (χ4v) is 3.94. The number of carbonyl (C=O) groups is 1. The van der Waals surface area contributed by atoms with Crippen molar-refractivity contribution in [1.82, 2.24) is 4.72 Å². The molecule has 0 bridgehead atoms. The van der Waals surface area contributed by atoms with Crippen molar-refractivity contribution in [2.45, 2.75) is 17.6 Å². The summed E-state index contributed by atoms with van der Waals surface area (Å²) in [6.07, 6.45) is 0. The van der Waals surface area contributed by atoms with Gasteiger partial charge in [0.15, 0.2) is 5.78 Å². The molecule has 0 saturated heterocycles. The van der Waals surface area contributed by atoms with Crippen molar-refractivity contribution in [3.63, 3.8) is 0 Å². The zero-order valence-electron chi connectivity index (χ0n) is 12.9. The van der Waals surface area contributed by atoms with Crippen molar-refractivity contribution >= 4 is 27.6 Å². The quantitative estimate of drug-likeness (QED) is 0.587. The molecule has 23 heavy (non-hydrogen) atoms. The second-order valence-corrected chi connectivity index (χ2v) is 7.89. The molecule has 0 fully saturated rings. The van der Waals surface area contributed by atoms with Gasteiger partial charge >= 0.3 is 0 Å². The Morgan fingerprint density at radius 3 is 2.30 bits per heavy atom. The van der Waals surface area contributed by atoms with Crippen LogP contribution in [0, 0.1) is 0 Å². The summed E-state index contributed by atoms with van der Waals surface area (Å²) in [7, 11) is -3.52. The Balaban J connectivity index is 1.81. The Labute approximate surface area is 141 Å². The predicted octanol–water partition coefficient (Wildman–Crippen LogP) is 3.10. The average Bonchev–Trinajstić information content (AvgIpc) is 2.55. The molecule has 1 N–H and O–H groups in total. The number of thioether (sulfide) groups is 1. The van der Waals surface area contributed by atoms with Gasteiger partial charge in [0.05, 0.1) is 4.90 Å². The molecule has 0 saturated carbocycles. The van der Waals surface area contributed by atoms with Gasteiger partial charge < -0.3 is 0 Å². The van der Waals surface area contributed by atoms with Gasteiger partial charge in [-0.2, -0.15) is 11.8 Å². The molecule has 0 amide bonds. The number of hydrogen-bond donors (Lipinski definition) is 1. The van der Waals surface area contributed by atoms with Gasteiger partial charge in [-0.25, -0.2) is 13.1 Å². The second kappa shape index (κ2) is 8.29. The van der Waals surface area contributed by atoms with E-state index in [4.69, 9.17) is 0 Å². The van der Waals surface area contributed by atoms with Gasteiger partial charge in [-0.1, -0.05) is 42.5 Å². The van der Waals surface area contributed by atoms with E-state index in [2.05, 4.69) is 4.72 Å². The van der Waals surface area contributed by atoms with Crippen LogP contribution in [0.3, 0.4) is 0 Å². The molecular weight excluding hydrogens is 330 g/mol. The highest BCUT2D eigenvalue weighted by Crippen LogP contribution is 2.13. The lowest BCUT2D eigenvalue weighted by Crippen LogP contribution is -2.26. The standard InChI is InChI=1S/C17H19NO3S2/c1-14(19)16-7-9-17(10-8-16)23(20,21)18-11-12-22-13-15-5-3-2-4-6-15/h2-10,18H,11-13H2,1H3. The van der Waals surface area contributed by atoms with Crippen LogP contribution in [0.25, 0.3) is 0 Å². The fraction of sp³-hybridized carbons (Fsp3) is 0.235. The van der Waals surface area contributed by atoms with Crippen LogP contribution in [0.4, 0.5) is 0 Å². The molecule has 2 aromatic rings. The van der Waals surface area contributed by atoms with Gasteiger partial charge in [-0.3, -0.25) is 4.79 Å². The fourth-order valence-electron chi connectivity index (χ4n) is 1.96. The molecule has 0 aliphatic heterocycles. The van der Waals surface area contributed by atoms with Gasteiger partial charge in [0.2, 0.25) is 10.0 Å². The Morgan fingerprint density at radius 1 is 1.04 bits per heavy atom. The SMILES string of the molecule is CC(=O)c1ccc(S(=O)(=O)NCCSCc2ccccc2)cc1. The maximum atomic E-state index is 12.1. The third-order valence-corrected chi connectivity index (χ3v) is 5.73. The summed E-state index contributed by atoms with van der Waals surface area (Å²) in [6, 6.07) is 16.0. The lowest BCUT2D eigenvalue weighted by atomic mass is 10.2. The summed E-state index contributed by atoms with van der Waals surface area (Å²) >= 11 is 1.68. The summed E-state index contributed by atoms with van der Waals surface area (Å²) in [5.74, 6) is 1.47. The van der Waals surface area contributed by atoms with Crippen LogP contribution in [0.2, 0.25) is 0 Å². The minimum absolute atomic E-state index is 0.0841. The Kier molecular flexibility index (Phi) is 6.38. The smallest absolute Gasteiger partial charge is 0.240 e. The maximum absolute atomic E-state index is 12.1. The molecule has 2 aromatic carbocycles. The van der Waals surface area contributed by atoms with E-state index >= 15 is 0 Å². The van der Waals surface area contributed by atoms with E-state index in [-0.39, 0.29) is 10.7 Å². The van der Waals surface area contributed by atoms with E-state index in [0.717, 1.165) is 5.75 Å². The summed E-state index contributed by atoms with van der Waals surface area (Å²) < 4.78 is 26.9. The summed E-state index contributed by atoms with van der Waals surface area (Å²) in [6.45, 7) is 1.82. The largest absolute Gasteiger partial charge is 0.295 e. The van der Waals surface area contributed by atoms with Crippen molar-refractivity contribution in [2.75, 3.05) is 12.3 Å². The molecule has 0 aromatic heterocycles. The first-order valence-corrected chi connectivity index (χ1v) is 9.85. The number of Topliss-reactive ketones (excluding diaryl/α,β-unsaturated/α-hetero) is 1. The van der Waals surface area contributed by atoms with Crippen molar-refractivity contribution < 1.29 is 13.2 Å². The van der Waals surface area contributed by atoms with Crippen LogP contribution in [0.15, 0.2) is 59.5 Å². The van der Waals surface area contributed by atoms with Crippen LogP contribution >= 0.6 is 11.8 Å². The highest BCUT2D eigenvalue weighted by atomic mass is 32.2. The molecule has 122 valence electrons. The summed E-state index contributed by atoms with van der Waals surface area (Å²) in [5, 5.41) is 0. The van der Waals surface area contributed by atoms with Gasteiger partial charge in [0.1, 0.15) is 0 Å². The van der Waals surface area contributed by atoms with Crippen molar-refractivity contribution in [3.8, 4) is 0 Å². The number of benzene rings is 2. The Morgan fingerprint density at radius 2 is 1.70 bits per heavy atom. The summed E-state index contributed by atoms with van der Waals surface area (Å²) in [5.41, 5.74) is 1.72. The number of ketones is 1. The molecule has 0 heterocycles. The molecule has 6 heteroatoms. The van der Waals surface area contributed by atoms with E-state index in [0.29, 0.717) is 17.9 Å². The lowest BCUT2D eigenvalue weighted by Gasteiger charge is -2.07. The first-order chi connectivity index (χ1) is 11.0. The van der Waals surface area contributed by atoms with Crippen LogP contribution in [-0.4, -0.2) is 26.5 Å². The third-order valence-electron chi connectivity index (χ3n) is 3.22. The Bertz CT molecular complexity index is 741. The van der Waals surface area contributed by atoms with Crippen molar-refractivity contribution in [1.29, 1.82) is 0 Å². The van der Waals surface area contributed by atoms with E-state index in [1.807, 2.05) is 30.3 Å². The van der Waals surface area contributed by atoms with Gasteiger partial charge in [-0.05, 0) is 24.6 Å². The van der Waals surface area contributed by atoms with E-state index < -0.39 is 10.0 Å². The van der Waals surface area contributed by atoms with Gasteiger partial charge in [-0.15, -0.1) is 0 Å².